The van der Waals surface area contributed by atoms with E-state index in [2.05, 4.69) is 30.6 Å². The van der Waals surface area contributed by atoms with Gasteiger partial charge in [0.2, 0.25) is 5.95 Å². The average molecular weight is 455 g/mol. The Kier molecular flexibility index (Phi) is 6.43. The number of hydroxylamine groups is 1. The Hall–Kier alpha value is -3.76. The molecule has 0 saturated carbocycles. The van der Waals surface area contributed by atoms with Gasteiger partial charge in [-0.05, 0) is 42.8 Å². The van der Waals surface area contributed by atoms with Gasteiger partial charge in [-0.3, -0.25) is 10.6 Å². The van der Waals surface area contributed by atoms with Crippen LogP contribution in [0.25, 0.3) is 11.2 Å². The molecule has 3 aromatic heterocycles. The van der Waals surface area contributed by atoms with Crippen molar-refractivity contribution in [2.24, 2.45) is 0 Å². The number of H-pyrrole nitrogens is 1. The SMILES string of the molecule is N=C(c1ccnc2nc(NCCCNc3ccccn3)[nH]c12)N(O)c1ccc(F)c(Cl)c1. The van der Waals surface area contributed by atoms with Crippen molar-refractivity contribution >= 4 is 46.1 Å². The van der Waals surface area contributed by atoms with E-state index in [0.717, 1.165) is 24.8 Å². The minimum Gasteiger partial charge on any atom is -0.370 e. The van der Waals surface area contributed by atoms with Gasteiger partial charge in [0.05, 0.1) is 16.2 Å². The number of pyridine rings is 2. The summed E-state index contributed by atoms with van der Waals surface area (Å²) in [5.74, 6) is 0.468. The zero-order chi connectivity index (χ0) is 22.5. The maximum Gasteiger partial charge on any atom is 0.202 e. The first-order valence-electron chi connectivity index (χ1n) is 9.79. The van der Waals surface area contributed by atoms with Gasteiger partial charge in [0.15, 0.2) is 11.5 Å². The highest BCUT2D eigenvalue weighted by molar-refractivity contribution is 6.31. The lowest BCUT2D eigenvalue weighted by atomic mass is 10.2. The average Bonchev–Trinajstić information content (AvgIpc) is 3.23. The highest BCUT2D eigenvalue weighted by Crippen LogP contribution is 2.24. The van der Waals surface area contributed by atoms with E-state index in [-0.39, 0.29) is 16.5 Å². The van der Waals surface area contributed by atoms with Crippen LogP contribution in [0.4, 0.5) is 21.8 Å². The lowest BCUT2D eigenvalue weighted by Gasteiger charge is -2.18. The smallest absolute Gasteiger partial charge is 0.202 e. The molecule has 0 bridgehead atoms. The molecule has 0 aliphatic carbocycles. The Bertz CT molecular complexity index is 1230. The molecule has 0 spiro atoms. The maximum atomic E-state index is 13.4. The van der Waals surface area contributed by atoms with Gasteiger partial charge < -0.3 is 15.6 Å². The molecule has 5 N–H and O–H groups in total. The predicted octanol–water partition coefficient (Wildman–Crippen LogP) is 4.28. The highest BCUT2D eigenvalue weighted by Gasteiger charge is 2.18. The largest absolute Gasteiger partial charge is 0.370 e. The van der Waals surface area contributed by atoms with Gasteiger partial charge in [-0.25, -0.2) is 19.4 Å². The van der Waals surface area contributed by atoms with E-state index in [1.54, 1.807) is 12.3 Å². The third-order valence-corrected chi connectivity index (χ3v) is 4.91. The molecule has 3 heterocycles. The standard InChI is InChI=1S/C21H20ClFN8O/c22-15-12-13(5-6-16(15)23)31(32)19(24)14-7-11-27-20-18(14)29-21(30-20)28-10-3-9-26-17-4-1-2-8-25-17/h1-2,4-8,11-12,24,32H,3,9-10H2,(H,25,26)(H2,27,28,29,30). The van der Waals surface area contributed by atoms with Gasteiger partial charge in [-0.2, -0.15) is 4.98 Å². The van der Waals surface area contributed by atoms with Gasteiger partial charge in [-0.1, -0.05) is 17.7 Å². The summed E-state index contributed by atoms with van der Waals surface area (Å²) in [5, 5.41) is 25.7. The molecule has 32 heavy (non-hydrogen) atoms. The fourth-order valence-corrected chi connectivity index (χ4v) is 3.21. The molecule has 4 aromatic rings. The second-order valence-corrected chi connectivity index (χ2v) is 7.23. The molecule has 0 unspecified atom stereocenters. The van der Waals surface area contributed by atoms with Crippen molar-refractivity contribution in [2.45, 2.75) is 6.42 Å². The number of amidine groups is 1. The van der Waals surface area contributed by atoms with Crippen LogP contribution in [0.1, 0.15) is 12.0 Å². The monoisotopic (exact) mass is 454 g/mol. The number of aromatic amines is 1. The third kappa shape index (κ3) is 4.76. The van der Waals surface area contributed by atoms with Crippen molar-refractivity contribution in [2.75, 3.05) is 28.8 Å². The van der Waals surface area contributed by atoms with E-state index in [1.807, 2.05) is 18.2 Å². The van der Waals surface area contributed by atoms with E-state index >= 15 is 0 Å². The normalized spacial score (nSPS) is 10.8. The summed E-state index contributed by atoms with van der Waals surface area (Å²) >= 11 is 5.79. The minimum atomic E-state index is -0.610. The summed E-state index contributed by atoms with van der Waals surface area (Å²) in [6.07, 6.45) is 4.05. The number of anilines is 3. The molecule has 0 amide bonds. The second-order valence-electron chi connectivity index (χ2n) is 6.82. The summed E-state index contributed by atoms with van der Waals surface area (Å²) in [5.41, 5.74) is 1.41. The molecule has 0 saturated heterocycles. The predicted molar refractivity (Wildman–Crippen MR) is 122 cm³/mol. The molecule has 164 valence electrons. The molecule has 0 radical (unpaired) electrons. The topological polar surface area (TPSA) is 126 Å². The molecular formula is C21H20ClFN8O. The van der Waals surface area contributed by atoms with Crippen molar-refractivity contribution in [3.05, 3.63) is 71.3 Å². The molecule has 1 aromatic carbocycles. The highest BCUT2D eigenvalue weighted by atomic mass is 35.5. The summed E-state index contributed by atoms with van der Waals surface area (Å²) in [6.45, 7) is 1.38. The van der Waals surface area contributed by atoms with Crippen LogP contribution in [-0.2, 0) is 0 Å². The van der Waals surface area contributed by atoms with Gasteiger partial charge >= 0.3 is 0 Å². The van der Waals surface area contributed by atoms with Crippen molar-refractivity contribution in [1.29, 1.82) is 5.41 Å². The zero-order valence-corrected chi connectivity index (χ0v) is 17.6. The lowest BCUT2D eigenvalue weighted by molar-refractivity contribution is 0.312. The van der Waals surface area contributed by atoms with Crippen molar-refractivity contribution in [3.8, 4) is 0 Å². The molecular weight excluding hydrogens is 435 g/mol. The number of aromatic nitrogens is 4. The van der Waals surface area contributed by atoms with Crippen LogP contribution in [0.15, 0.2) is 54.9 Å². The van der Waals surface area contributed by atoms with Crippen LogP contribution in [0.5, 0.6) is 0 Å². The van der Waals surface area contributed by atoms with Crippen molar-refractivity contribution < 1.29 is 9.60 Å². The molecule has 9 nitrogen and oxygen atoms in total. The van der Waals surface area contributed by atoms with Gasteiger partial charge in [0, 0.05) is 31.0 Å². The van der Waals surface area contributed by atoms with Crippen LogP contribution in [0.2, 0.25) is 5.02 Å². The number of hydrogen-bond donors (Lipinski definition) is 5. The number of fused-ring (bicyclic) bond motifs is 1. The number of benzene rings is 1. The molecule has 4 rings (SSSR count). The Morgan fingerprint density at radius 3 is 2.75 bits per heavy atom. The van der Waals surface area contributed by atoms with Crippen LogP contribution in [0.3, 0.4) is 0 Å². The molecule has 0 atom stereocenters. The fraction of sp³-hybridized carbons (Fsp3) is 0.143. The second kappa shape index (κ2) is 9.58. The number of nitrogens with zero attached hydrogens (tertiary/aromatic N) is 4. The number of nitrogens with one attached hydrogen (secondary N) is 4. The molecule has 0 aliphatic rings. The molecule has 0 aliphatic heterocycles. The van der Waals surface area contributed by atoms with Crippen LogP contribution >= 0.6 is 11.6 Å². The summed E-state index contributed by atoms with van der Waals surface area (Å²) < 4.78 is 13.4. The summed E-state index contributed by atoms with van der Waals surface area (Å²) in [4.78, 5) is 15.9. The van der Waals surface area contributed by atoms with Gasteiger partial charge in [0.25, 0.3) is 0 Å². The van der Waals surface area contributed by atoms with Gasteiger partial charge in [-0.15, -0.1) is 0 Å². The van der Waals surface area contributed by atoms with Crippen molar-refractivity contribution in [1.82, 2.24) is 19.9 Å². The number of halogens is 2. The number of rotatable bonds is 8. The van der Waals surface area contributed by atoms with E-state index in [0.29, 0.717) is 34.3 Å². The van der Waals surface area contributed by atoms with E-state index in [4.69, 9.17) is 17.0 Å². The minimum absolute atomic E-state index is 0.153. The summed E-state index contributed by atoms with van der Waals surface area (Å²) in [6, 6.07) is 11.0. The lowest BCUT2D eigenvalue weighted by Crippen LogP contribution is -2.27. The number of imidazole rings is 1. The van der Waals surface area contributed by atoms with Gasteiger partial charge in [0.1, 0.15) is 11.6 Å². The zero-order valence-electron chi connectivity index (χ0n) is 16.8. The van der Waals surface area contributed by atoms with Crippen molar-refractivity contribution in [3.63, 3.8) is 0 Å². The first-order chi connectivity index (χ1) is 15.5. The number of hydrogen-bond acceptors (Lipinski definition) is 7. The summed E-state index contributed by atoms with van der Waals surface area (Å²) in [7, 11) is 0. The Labute approximate surface area is 187 Å². The maximum absolute atomic E-state index is 13.4. The van der Waals surface area contributed by atoms with E-state index in [1.165, 1.54) is 18.3 Å². The van der Waals surface area contributed by atoms with Crippen LogP contribution < -0.4 is 15.7 Å². The fourth-order valence-electron chi connectivity index (χ4n) is 3.03. The Balaban J connectivity index is 1.42. The molecule has 0 fully saturated rings. The Morgan fingerprint density at radius 2 is 1.97 bits per heavy atom. The Morgan fingerprint density at radius 1 is 1.12 bits per heavy atom. The van der Waals surface area contributed by atoms with E-state index < -0.39 is 5.82 Å². The third-order valence-electron chi connectivity index (χ3n) is 4.62. The first kappa shape index (κ1) is 21.5. The van der Waals surface area contributed by atoms with Crippen LogP contribution in [-0.4, -0.2) is 44.1 Å². The quantitative estimate of drug-likeness (QED) is 0.116. The first-order valence-corrected chi connectivity index (χ1v) is 10.2. The van der Waals surface area contributed by atoms with Crippen LogP contribution in [0, 0.1) is 11.2 Å². The van der Waals surface area contributed by atoms with E-state index in [9.17, 15) is 9.60 Å². The molecule has 11 heteroatoms.